The second-order valence-electron chi connectivity index (χ2n) is 7.13. The normalized spacial score (nSPS) is 45.7. The molecule has 18 heavy (non-hydrogen) atoms. The van der Waals surface area contributed by atoms with Gasteiger partial charge in [0.25, 0.3) is 0 Å². The number of hydrogen-bond donors (Lipinski definition) is 0. The molecule has 0 aromatic carbocycles. The fourth-order valence-electron chi connectivity index (χ4n) is 5.12. The van der Waals surface area contributed by atoms with Crippen LogP contribution in [0.3, 0.4) is 0 Å². The first-order valence-electron chi connectivity index (χ1n) is 7.86. The Labute approximate surface area is 111 Å². The van der Waals surface area contributed by atoms with Gasteiger partial charge in [-0.25, -0.2) is 0 Å². The van der Waals surface area contributed by atoms with E-state index in [1.54, 1.807) is 11.1 Å². The zero-order chi connectivity index (χ0) is 12.2. The van der Waals surface area contributed by atoms with E-state index in [0.717, 1.165) is 17.8 Å². The van der Waals surface area contributed by atoms with E-state index in [1.807, 2.05) is 0 Å². The monoisotopic (exact) mass is 240 g/mol. The molecule has 0 unspecified atom stereocenters. The smallest absolute Gasteiger partial charge is 0.00510 e. The van der Waals surface area contributed by atoms with E-state index in [2.05, 4.69) is 31.2 Å². The molecule has 0 aromatic rings. The van der Waals surface area contributed by atoms with Gasteiger partial charge in [0.2, 0.25) is 0 Å². The van der Waals surface area contributed by atoms with Crippen LogP contribution in [0.15, 0.2) is 35.5 Å². The van der Waals surface area contributed by atoms with Crippen LogP contribution in [0.4, 0.5) is 0 Å². The third kappa shape index (κ3) is 1.44. The molecule has 0 heteroatoms. The number of rotatable bonds is 0. The Morgan fingerprint density at radius 1 is 1.17 bits per heavy atom. The summed E-state index contributed by atoms with van der Waals surface area (Å²) in [6, 6.07) is 0. The van der Waals surface area contributed by atoms with Gasteiger partial charge in [-0.15, -0.1) is 0 Å². The molecule has 0 heterocycles. The minimum absolute atomic E-state index is 0.619. The number of hydrogen-bond acceptors (Lipinski definition) is 0. The van der Waals surface area contributed by atoms with Crippen molar-refractivity contribution in [2.45, 2.75) is 51.9 Å². The van der Waals surface area contributed by atoms with Gasteiger partial charge < -0.3 is 0 Å². The first kappa shape index (κ1) is 11.1. The summed E-state index contributed by atoms with van der Waals surface area (Å²) in [5.41, 5.74) is 4.05. The molecule has 0 bridgehead atoms. The van der Waals surface area contributed by atoms with Crippen LogP contribution in [-0.2, 0) is 0 Å². The second-order valence-corrected chi connectivity index (χ2v) is 7.13. The molecule has 0 spiro atoms. The third-order valence-electron chi connectivity index (χ3n) is 6.16. The Morgan fingerprint density at radius 3 is 3.06 bits per heavy atom. The van der Waals surface area contributed by atoms with Crippen molar-refractivity contribution in [3.8, 4) is 0 Å². The first-order chi connectivity index (χ1) is 8.78. The molecule has 4 rings (SSSR count). The van der Waals surface area contributed by atoms with E-state index >= 15 is 0 Å². The van der Waals surface area contributed by atoms with Gasteiger partial charge in [-0.05, 0) is 55.4 Å². The lowest BCUT2D eigenvalue weighted by molar-refractivity contribution is 0.173. The molecule has 96 valence electrons. The van der Waals surface area contributed by atoms with Crippen molar-refractivity contribution in [3.05, 3.63) is 35.5 Å². The Morgan fingerprint density at radius 2 is 2.11 bits per heavy atom. The van der Waals surface area contributed by atoms with E-state index in [4.69, 9.17) is 0 Å². The minimum Gasteiger partial charge on any atom is -0.0836 e. The van der Waals surface area contributed by atoms with Crippen LogP contribution in [0, 0.1) is 23.2 Å². The van der Waals surface area contributed by atoms with Crippen LogP contribution in [0.25, 0.3) is 0 Å². The molecule has 0 aromatic heterocycles. The summed E-state index contributed by atoms with van der Waals surface area (Å²) in [5.74, 6) is 2.52. The molecular formula is C18H24. The lowest BCUT2D eigenvalue weighted by Gasteiger charge is -2.45. The third-order valence-corrected chi connectivity index (χ3v) is 6.16. The Kier molecular flexibility index (Phi) is 2.37. The van der Waals surface area contributed by atoms with E-state index < -0.39 is 0 Å². The highest BCUT2D eigenvalue weighted by molar-refractivity contribution is 5.41. The van der Waals surface area contributed by atoms with Crippen LogP contribution >= 0.6 is 0 Å². The molecule has 4 aliphatic carbocycles. The first-order valence-corrected chi connectivity index (χ1v) is 7.86. The molecule has 0 nitrogen and oxygen atoms in total. The van der Waals surface area contributed by atoms with Crippen molar-refractivity contribution in [2.75, 3.05) is 0 Å². The Balaban J connectivity index is 1.76. The second kappa shape index (κ2) is 3.85. The van der Waals surface area contributed by atoms with Crippen LogP contribution in [0.1, 0.15) is 51.9 Å². The minimum atomic E-state index is 0.619. The van der Waals surface area contributed by atoms with Crippen molar-refractivity contribution < 1.29 is 0 Å². The van der Waals surface area contributed by atoms with Crippen molar-refractivity contribution >= 4 is 0 Å². The topological polar surface area (TPSA) is 0 Å². The average Bonchev–Trinajstić information content (AvgIpc) is 2.80. The maximum Gasteiger partial charge on any atom is 0.00510 e. The van der Waals surface area contributed by atoms with Crippen molar-refractivity contribution in [2.24, 2.45) is 23.2 Å². The highest BCUT2D eigenvalue weighted by atomic mass is 14.5. The molecular weight excluding hydrogens is 216 g/mol. The van der Waals surface area contributed by atoms with E-state index in [-0.39, 0.29) is 0 Å². The predicted molar refractivity (Wildman–Crippen MR) is 76.2 cm³/mol. The summed E-state index contributed by atoms with van der Waals surface area (Å²) in [6.07, 6.45) is 20.0. The van der Waals surface area contributed by atoms with Crippen molar-refractivity contribution in [3.63, 3.8) is 0 Å². The molecule has 0 saturated heterocycles. The maximum absolute atomic E-state index is 2.64. The summed E-state index contributed by atoms with van der Waals surface area (Å²) in [4.78, 5) is 0. The number of allylic oxidation sites excluding steroid dienone is 6. The largest absolute Gasteiger partial charge is 0.0836 e. The van der Waals surface area contributed by atoms with Crippen LogP contribution < -0.4 is 0 Å². The summed E-state index contributed by atoms with van der Waals surface area (Å²) >= 11 is 0. The molecule has 1 fully saturated rings. The van der Waals surface area contributed by atoms with Gasteiger partial charge in [0.05, 0.1) is 0 Å². The van der Waals surface area contributed by atoms with Crippen LogP contribution in [-0.4, -0.2) is 0 Å². The standard InChI is InChI=1S/C18H24/c1-18-11-4-7-17(18)16-9-8-13-5-2-3-6-14(13)15(16)10-12-18/h5,8-10,14,16-17H,2-4,6-7,11-12H2,1H3/t14-,16+,17-,18-/m0/s1. The summed E-state index contributed by atoms with van der Waals surface area (Å²) in [6.45, 7) is 2.54. The molecule has 4 atom stereocenters. The zero-order valence-electron chi connectivity index (χ0n) is 11.5. The maximum atomic E-state index is 2.64. The van der Waals surface area contributed by atoms with Gasteiger partial charge in [-0.3, -0.25) is 0 Å². The van der Waals surface area contributed by atoms with Gasteiger partial charge in [0.15, 0.2) is 0 Å². The fraction of sp³-hybridized carbons (Fsp3) is 0.667. The Bertz CT molecular complexity index is 451. The van der Waals surface area contributed by atoms with Gasteiger partial charge in [-0.2, -0.15) is 0 Å². The molecule has 0 radical (unpaired) electrons. The van der Waals surface area contributed by atoms with E-state index in [1.165, 1.54) is 44.9 Å². The van der Waals surface area contributed by atoms with Gasteiger partial charge in [0.1, 0.15) is 0 Å². The quantitative estimate of drug-likeness (QED) is 0.521. The number of fused-ring (bicyclic) bond motifs is 5. The molecule has 0 amide bonds. The van der Waals surface area contributed by atoms with Crippen molar-refractivity contribution in [1.29, 1.82) is 0 Å². The lowest BCUT2D eigenvalue weighted by atomic mass is 9.59. The SMILES string of the molecule is C[C@]12CC=C3[C@H]4CCCC=C4C=C[C@H]3[C@@H]1CCC2. The summed E-state index contributed by atoms with van der Waals surface area (Å²) in [5, 5.41) is 0. The van der Waals surface area contributed by atoms with Crippen LogP contribution in [0.5, 0.6) is 0 Å². The predicted octanol–water partition coefficient (Wildman–Crippen LogP) is 5.04. The fourth-order valence-corrected chi connectivity index (χ4v) is 5.12. The van der Waals surface area contributed by atoms with E-state index in [9.17, 15) is 0 Å². The average molecular weight is 240 g/mol. The van der Waals surface area contributed by atoms with Crippen molar-refractivity contribution in [1.82, 2.24) is 0 Å². The highest BCUT2D eigenvalue weighted by Gasteiger charge is 2.47. The lowest BCUT2D eigenvalue weighted by Crippen LogP contribution is -2.36. The summed E-state index contributed by atoms with van der Waals surface area (Å²) in [7, 11) is 0. The molecule has 1 saturated carbocycles. The Hall–Kier alpha value is -0.780. The van der Waals surface area contributed by atoms with Gasteiger partial charge >= 0.3 is 0 Å². The highest BCUT2D eigenvalue weighted by Crippen LogP contribution is 2.57. The van der Waals surface area contributed by atoms with E-state index in [0.29, 0.717) is 5.41 Å². The van der Waals surface area contributed by atoms with Gasteiger partial charge in [-0.1, -0.05) is 43.2 Å². The van der Waals surface area contributed by atoms with Gasteiger partial charge in [0, 0.05) is 11.8 Å². The summed E-state index contributed by atoms with van der Waals surface area (Å²) < 4.78 is 0. The van der Waals surface area contributed by atoms with Crippen LogP contribution in [0.2, 0.25) is 0 Å². The molecule has 0 N–H and O–H groups in total. The molecule has 4 aliphatic rings. The zero-order valence-corrected chi connectivity index (χ0v) is 11.5. The molecule has 0 aliphatic heterocycles.